The van der Waals surface area contributed by atoms with Crippen LogP contribution in [0.15, 0.2) is 48.5 Å². The molecule has 0 atom stereocenters. The Morgan fingerprint density at radius 1 is 1.11 bits per heavy atom. The molecular formula is C32H36ClF3N6O3. The summed E-state index contributed by atoms with van der Waals surface area (Å²) >= 11 is 5.92. The van der Waals surface area contributed by atoms with E-state index >= 15 is 0 Å². The van der Waals surface area contributed by atoms with Crippen molar-refractivity contribution in [3.63, 3.8) is 0 Å². The van der Waals surface area contributed by atoms with Crippen molar-refractivity contribution < 1.29 is 27.4 Å². The van der Waals surface area contributed by atoms with Crippen molar-refractivity contribution in [1.82, 2.24) is 15.2 Å². The minimum atomic E-state index is -4.60. The average Bonchev–Trinajstić information content (AvgIpc) is 3.01. The molecule has 240 valence electrons. The van der Waals surface area contributed by atoms with Gasteiger partial charge in [-0.3, -0.25) is 10.2 Å². The number of carbonyl (C=O) groups excluding carboxylic acids is 1. The van der Waals surface area contributed by atoms with E-state index < -0.39 is 24.3 Å². The first kappa shape index (κ1) is 32.5. The molecule has 2 saturated heterocycles. The van der Waals surface area contributed by atoms with Crippen molar-refractivity contribution in [1.29, 1.82) is 5.41 Å². The average molecular weight is 645 g/mol. The van der Waals surface area contributed by atoms with Crippen molar-refractivity contribution in [3.05, 3.63) is 81.5 Å². The van der Waals surface area contributed by atoms with Crippen LogP contribution in [0, 0.1) is 5.41 Å². The number of carbonyl (C=O) groups is 1. The zero-order valence-electron chi connectivity index (χ0n) is 24.8. The van der Waals surface area contributed by atoms with E-state index in [9.17, 15) is 18.0 Å². The molecule has 1 amide bonds. The number of amides is 1. The number of nitrogens with one attached hydrogen (secondary N) is 3. The largest absolute Gasteiger partial charge is 0.473 e. The van der Waals surface area contributed by atoms with Crippen LogP contribution in [0.4, 0.5) is 24.5 Å². The highest BCUT2D eigenvalue weighted by Gasteiger charge is 2.33. The predicted octanol–water partition coefficient (Wildman–Crippen LogP) is 6.07. The third-order valence-electron chi connectivity index (χ3n) is 8.18. The summed E-state index contributed by atoms with van der Waals surface area (Å²) in [6.45, 7) is 2.81. The third-order valence-corrected chi connectivity index (χ3v) is 8.42. The van der Waals surface area contributed by atoms with Crippen molar-refractivity contribution in [2.24, 2.45) is 0 Å². The number of likely N-dealkylation sites (tertiary alicyclic amines) is 1. The number of nitrogens with two attached hydrogens (primary N) is 1. The molecular weight excluding hydrogens is 609 g/mol. The molecule has 2 aromatic carbocycles. The van der Waals surface area contributed by atoms with E-state index in [4.69, 9.17) is 32.2 Å². The van der Waals surface area contributed by atoms with Crippen LogP contribution in [0.1, 0.15) is 64.3 Å². The smallest absolute Gasteiger partial charge is 0.416 e. The van der Waals surface area contributed by atoms with Crippen molar-refractivity contribution in [2.45, 2.75) is 50.4 Å². The molecule has 1 aromatic heterocycles. The van der Waals surface area contributed by atoms with Gasteiger partial charge in [-0.25, -0.2) is 4.98 Å². The standard InChI is InChI=1S/C32H36ClF3N6O3/c1-42-12-8-19(9-13-42)20-2-4-24(27(17-20)39-23-10-14-44-15-11-23)31(43)41-30(38)29-26(37)6-7-28(40-29)45-18-21-16-22(33)3-5-25(21)32(34,35)36/h2-7,16-17,19,23,39H,8-15,18,37H2,1H3,(H2,38,41,43). The summed E-state index contributed by atoms with van der Waals surface area (Å²) in [4.78, 5) is 20.1. The zero-order valence-corrected chi connectivity index (χ0v) is 25.6. The molecule has 0 aliphatic carbocycles. The fourth-order valence-electron chi connectivity index (χ4n) is 5.62. The lowest BCUT2D eigenvalue weighted by Gasteiger charge is -2.30. The van der Waals surface area contributed by atoms with Gasteiger partial charge in [-0.1, -0.05) is 17.7 Å². The van der Waals surface area contributed by atoms with Gasteiger partial charge in [0.1, 0.15) is 12.3 Å². The highest BCUT2D eigenvalue weighted by atomic mass is 35.5. The normalized spacial score (nSPS) is 16.7. The number of halogens is 4. The fraction of sp³-hybridized carbons (Fsp3) is 0.406. The first-order chi connectivity index (χ1) is 21.5. The van der Waals surface area contributed by atoms with Gasteiger partial charge in [0.15, 0.2) is 5.84 Å². The molecule has 0 radical (unpaired) electrons. The van der Waals surface area contributed by atoms with Crippen molar-refractivity contribution in [2.75, 3.05) is 44.4 Å². The first-order valence-electron chi connectivity index (χ1n) is 14.8. The van der Waals surface area contributed by atoms with Crippen molar-refractivity contribution >= 4 is 34.7 Å². The summed E-state index contributed by atoms with van der Waals surface area (Å²) in [6.07, 6.45) is -0.924. The van der Waals surface area contributed by atoms with Gasteiger partial charge in [0.05, 0.1) is 16.8 Å². The number of ether oxygens (including phenoxy) is 2. The van der Waals surface area contributed by atoms with E-state index in [-0.39, 0.29) is 39.7 Å². The third kappa shape index (κ3) is 8.24. The van der Waals surface area contributed by atoms with Crippen molar-refractivity contribution in [3.8, 4) is 5.88 Å². The number of alkyl halides is 3. The molecule has 45 heavy (non-hydrogen) atoms. The fourth-order valence-corrected chi connectivity index (χ4v) is 5.81. The molecule has 0 saturated carbocycles. The number of benzene rings is 2. The predicted molar refractivity (Wildman–Crippen MR) is 167 cm³/mol. The highest BCUT2D eigenvalue weighted by molar-refractivity contribution is 6.30. The maximum atomic E-state index is 13.5. The number of anilines is 2. The van der Waals surface area contributed by atoms with Gasteiger partial charge in [0, 0.05) is 41.6 Å². The first-order valence-corrected chi connectivity index (χ1v) is 15.2. The Balaban J connectivity index is 1.33. The molecule has 2 aliphatic heterocycles. The molecule has 2 aliphatic rings. The molecule has 2 fully saturated rings. The Morgan fingerprint density at radius 3 is 2.56 bits per heavy atom. The van der Waals surface area contributed by atoms with Gasteiger partial charge >= 0.3 is 6.18 Å². The molecule has 3 aromatic rings. The number of aromatic nitrogens is 1. The number of hydrogen-bond acceptors (Lipinski definition) is 8. The van der Waals surface area contributed by atoms with Crippen LogP contribution < -0.4 is 21.1 Å². The second-order valence-electron chi connectivity index (χ2n) is 11.4. The minimum Gasteiger partial charge on any atom is -0.473 e. The van der Waals surface area contributed by atoms with Gasteiger partial charge in [-0.2, -0.15) is 13.2 Å². The zero-order chi connectivity index (χ0) is 32.1. The van der Waals surface area contributed by atoms with Crippen LogP contribution in [0.2, 0.25) is 5.02 Å². The Labute approximate surface area is 264 Å². The summed E-state index contributed by atoms with van der Waals surface area (Å²) in [5.41, 5.74) is 7.24. The molecule has 5 rings (SSSR count). The molecule has 5 N–H and O–H groups in total. The van der Waals surface area contributed by atoms with Crippen LogP contribution in [0.3, 0.4) is 0 Å². The van der Waals surface area contributed by atoms with Crippen LogP contribution in [-0.2, 0) is 17.5 Å². The second kappa shape index (κ2) is 14.1. The number of amidine groups is 1. The van der Waals surface area contributed by atoms with Crippen LogP contribution in [0.25, 0.3) is 0 Å². The van der Waals surface area contributed by atoms with E-state index in [2.05, 4.69) is 27.6 Å². The monoisotopic (exact) mass is 644 g/mol. The Kier molecular flexibility index (Phi) is 10.2. The Morgan fingerprint density at radius 2 is 1.84 bits per heavy atom. The number of nitrogens with zero attached hydrogens (tertiary/aromatic N) is 2. The minimum absolute atomic E-state index is 0.0735. The molecule has 0 spiro atoms. The quantitative estimate of drug-likeness (QED) is 0.173. The van der Waals surface area contributed by atoms with E-state index in [0.717, 1.165) is 56.5 Å². The number of hydrogen-bond donors (Lipinski definition) is 4. The summed E-state index contributed by atoms with van der Waals surface area (Å²) in [6, 6.07) is 11.9. The Hall–Kier alpha value is -3.87. The van der Waals surface area contributed by atoms with Crippen LogP contribution in [0.5, 0.6) is 5.88 Å². The topological polar surface area (TPSA) is 126 Å². The number of rotatable bonds is 8. The summed E-state index contributed by atoms with van der Waals surface area (Å²) in [5.74, 6) is -0.586. The maximum absolute atomic E-state index is 13.5. The van der Waals surface area contributed by atoms with Gasteiger partial charge in [0.2, 0.25) is 5.88 Å². The van der Waals surface area contributed by atoms with Gasteiger partial charge in [-0.05, 0) is 93.7 Å². The molecule has 9 nitrogen and oxygen atoms in total. The Bertz CT molecular complexity index is 1540. The van der Waals surface area contributed by atoms with Crippen LogP contribution in [-0.4, -0.2) is 61.0 Å². The van der Waals surface area contributed by atoms with E-state index in [1.807, 2.05) is 12.1 Å². The lowest BCUT2D eigenvalue weighted by Crippen LogP contribution is -2.34. The summed E-state index contributed by atoms with van der Waals surface area (Å²) in [5, 5.41) is 14.8. The molecule has 0 bridgehead atoms. The molecule has 0 unspecified atom stereocenters. The second-order valence-corrected chi connectivity index (χ2v) is 11.9. The lowest BCUT2D eigenvalue weighted by atomic mass is 9.88. The van der Waals surface area contributed by atoms with Gasteiger partial charge < -0.3 is 30.7 Å². The molecule has 13 heteroatoms. The number of nitrogen functional groups attached to an aromatic ring is 1. The van der Waals surface area contributed by atoms with Gasteiger partial charge in [0.25, 0.3) is 5.91 Å². The van der Waals surface area contributed by atoms with Gasteiger partial charge in [-0.15, -0.1) is 0 Å². The maximum Gasteiger partial charge on any atom is 0.416 e. The summed E-state index contributed by atoms with van der Waals surface area (Å²) in [7, 11) is 2.11. The number of piperidine rings is 1. The van der Waals surface area contributed by atoms with Crippen LogP contribution >= 0.6 is 11.6 Å². The van der Waals surface area contributed by atoms with E-state index in [1.54, 1.807) is 6.07 Å². The summed E-state index contributed by atoms with van der Waals surface area (Å²) < 4.78 is 51.4. The lowest BCUT2D eigenvalue weighted by molar-refractivity contribution is -0.138. The van der Waals surface area contributed by atoms with E-state index in [1.165, 1.54) is 18.2 Å². The highest BCUT2D eigenvalue weighted by Crippen LogP contribution is 2.34. The molecule has 3 heterocycles. The van der Waals surface area contributed by atoms with E-state index in [0.29, 0.717) is 30.4 Å². The number of pyridine rings is 1. The SMILES string of the molecule is CN1CCC(c2ccc(C(=O)NC(=N)c3nc(OCc4cc(Cl)ccc4C(F)(F)F)ccc3N)c(NC3CCOCC3)c2)CC1.